The Labute approximate surface area is 122 Å². The van der Waals surface area contributed by atoms with E-state index in [-0.39, 0.29) is 11.7 Å². The molecule has 1 N–H and O–H groups in total. The van der Waals surface area contributed by atoms with Gasteiger partial charge in [0.05, 0.1) is 12.9 Å². The van der Waals surface area contributed by atoms with Crippen molar-refractivity contribution in [3.05, 3.63) is 0 Å². The lowest BCUT2D eigenvalue weighted by atomic mass is 9.87. The maximum Gasteiger partial charge on any atom is 0.324 e. The Kier molecular flexibility index (Phi) is 6.01. The first kappa shape index (κ1) is 17.4. The molecule has 0 heterocycles. The second-order valence-electron chi connectivity index (χ2n) is 6.73. The van der Waals surface area contributed by atoms with Gasteiger partial charge in [-0.05, 0) is 24.2 Å². The van der Waals surface area contributed by atoms with E-state index in [1.165, 1.54) is 13.5 Å². The summed E-state index contributed by atoms with van der Waals surface area (Å²) < 4.78 is 31.8. The van der Waals surface area contributed by atoms with Gasteiger partial charge in [0.15, 0.2) is 0 Å². The van der Waals surface area contributed by atoms with Crippen molar-refractivity contribution < 1.29 is 17.9 Å². The number of carbonyl (C=O) groups is 1. The Morgan fingerprint density at radius 2 is 1.80 bits per heavy atom. The second-order valence-corrected chi connectivity index (χ2v) is 8.52. The average molecular weight is 305 g/mol. The highest BCUT2D eigenvalue weighted by molar-refractivity contribution is 7.89. The molecule has 0 saturated heterocycles. The van der Waals surface area contributed by atoms with Gasteiger partial charge in [-0.2, -0.15) is 0 Å². The third-order valence-electron chi connectivity index (χ3n) is 3.78. The number of nitrogens with one attached hydrogen (secondary N) is 1. The Morgan fingerprint density at radius 1 is 1.25 bits per heavy atom. The van der Waals surface area contributed by atoms with Gasteiger partial charge in [0.25, 0.3) is 0 Å². The van der Waals surface area contributed by atoms with Crippen LogP contribution in [0.2, 0.25) is 0 Å². The first-order chi connectivity index (χ1) is 9.15. The summed E-state index contributed by atoms with van der Waals surface area (Å²) in [6.45, 7) is 5.45. The van der Waals surface area contributed by atoms with Crippen molar-refractivity contribution in [3.8, 4) is 0 Å². The molecule has 0 radical (unpaired) electrons. The van der Waals surface area contributed by atoms with Crippen molar-refractivity contribution in [1.29, 1.82) is 0 Å². The van der Waals surface area contributed by atoms with Crippen LogP contribution in [0.5, 0.6) is 0 Å². The Balaban J connectivity index is 2.72. The molecule has 1 atom stereocenters. The fourth-order valence-corrected chi connectivity index (χ4v) is 4.45. The van der Waals surface area contributed by atoms with Crippen LogP contribution in [0.15, 0.2) is 0 Å². The van der Waals surface area contributed by atoms with E-state index in [2.05, 4.69) is 4.72 Å². The number of methoxy groups -OCH3 is 1. The zero-order chi connectivity index (χ0) is 15.4. The molecular formula is C14H27NO4S. The maximum absolute atomic E-state index is 12.3. The van der Waals surface area contributed by atoms with Gasteiger partial charge in [-0.1, -0.05) is 40.0 Å². The zero-order valence-corrected chi connectivity index (χ0v) is 13.8. The summed E-state index contributed by atoms with van der Waals surface area (Å²) in [6.07, 6.45) is 5.30. The van der Waals surface area contributed by atoms with Gasteiger partial charge >= 0.3 is 5.97 Å². The van der Waals surface area contributed by atoms with E-state index >= 15 is 0 Å². The van der Waals surface area contributed by atoms with Crippen LogP contribution in [-0.4, -0.2) is 33.3 Å². The van der Waals surface area contributed by atoms with Gasteiger partial charge in [-0.15, -0.1) is 0 Å². The van der Waals surface area contributed by atoms with Crippen molar-refractivity contribution in [2.75, 3.05) is 12.9 Å². The number of ether oxygens (including phenoxy) is 1. The minimum atomic E-state index is -3.47. The average Bonchev–Trinajstić information content (AvgIpc) is 2.34. The summed E-state index contributed by atoms with van der Waals surface area (Å²) in [5, 5.41) is 0. The van der Waals surface area contributed by atoms with E-state index in [1.54, 1.807) is 0 Å². The van der Waals surface area contributed by atoms with E-state index < -0.39 is 27.4 Å². The largest absolute Gasteiger partial charge is 0.468 e. The Hall–Kier alpha value is -0.620. The smallest absolute Gasteiger partial charge is 0.324 e. The minimum absolute atomic E-state index is 0.108. The SMILES string of the molecule is COC(=O)C(NS(=O)(=O)CC1CCCCC1)C(C)(C)C. The number of rotatable bonds is 5. The molecular weight excluding hydrogens is 278 g/mol. The van der Waals surface area contributed by atoms with E-state index in [0.29, 0.717) is 0 Å². The predicted octanol–water partition coefficient (Wildman–Crippen LogP) is 2.07. The van der Waals surface area contributed by atoms with Gasteiger partial charge in [-0.3, -0.25) is 4.79 Å². The first-order valence-electron chi connectivity index (χ1n) is 7.23. The van der Waals surface area contributed by atoms with Gasteiger partial charge in [0, 0.05) is 0 Å². The first-order valence-corrected chi connectivity index (χ1v) is 8.89. The van der Waals surface area contributed by atoms with Crippen LogP contribution in [0.1, 0.15) is 52.9 Å². The highest BCUT2D eigenvalue weighted by atomic mass is 32.2. The number of hydrogen-bond acceptors (Lipinski definition) is 4. The molecule has 1 unspecified atom stereocenters. The van der Waals surface area contributed by atoms with Crippen molar-refractivity contribution in [2.45, 2.75) is 58.9 Å². The standard InChI is InChI=1S/C14H27NO4S/c1-14(2,3)12(13(16)19-4)15-20(17,18)10-11-8-6-5-7-9-11/h11-12,15H,5-10H2,1-4H3. The molecule has 0 bridgehead atoms. The summed E-state index contributed by atoms with van der Waals surface area (Å²) in [7, 11) is -2.20. The van der Waals surface area contributed by atoms with E-state index in [9.17, 15) is 13.2 Å². The van der Waals surface area contributed by atoms with Crippen LogP contribution in [0.25, 0.3) is 0 Å². The van der Waals surface area contributed by atoms with Crippen molar-refractivity contribution in [2.24, 2.45) is 11.3 Å². The molecule has 20 heavy (non-hydrogen) atoms. The van der Waals surface area contributed by atoms with Crippen LogP contribution >= 0.6 is 0 Å². The topological polar surface area (TPSA) is 72.5 Å². The fraction of sp³-hybridized carbons (Fsp3) is 0.929. The summed E-state index contributed by atoms with van der Waals surface area (Å²) in [5.74, 6) is -0.222. The minimum Gasteiger partial charge on any atom is -0.468 e. The van der Waals surface area contributed by atoms with Gasteiger partial charge in [0.1, 0.15) is 6.04 Å². The molecule has 0 aromatic rings. The molecule has 1 rings (SSSR count). The maximum atomic E-state index is 12.3. The van der Waals surface area contributed by atoms with E-state index in [0.717, 1.165) is 25.7 Å². The molecule has 0 aliphatic heterocycles. The lowest BCUT2D eigenvalue weighted by Crippen LogP contribution is -2.50. The molecule has 1 saturated carbocycles. The highest BCUT2D eigenvalue weighted by Gasteiger charge is 2.36. The van der Waals surface area contributed by atoms with Gasteiger partial charge < -0.3 is 4.74 Å². The second kappa shape index (κ2) is 6.89. The van der Waals surface area contributed by atoms with E-state index in [1.807, 2.05) is 20.8 Å². The molecule has 1 aliphatic carbocycles. The fourth-order valence-electron chi connectivity index (χ4n) is 2.59. The van der Waals surface area contributed by atoms with Gasteiger partial charge in [0.2, 0.25) is 10.0 Å². The lowest BCUT2D eigenvalue weighted by molar-refractivity contribution is -0.145. The molecule has 1 aliphatic rings. The number of esters is 1. The Morgan fingerprint density at radius 3 is 2.25 bits per heavy atom. The zero-order valence-electron chi connectivity index (χ0n) is 12.9. The predicted molar refractivity (Wildman–Crippen MR) is 78.8 cm³/mol. The quantitative estimate of drug-likeness (QED) is 0.789. The summed E-state index contributed by atoms with van der Waals surface area (Å²) in [5.41, 5.74) is -0.521. The third kappa shape index (κ3) is 5.40. The third-order valence-corrected chi connectivity index (χ3v) is 5.29. The molecule has 0 aromatic carbocycles. The number of hydrogen-bond donors (Lipinski definition) is 1. The summed E-state index contributed by atoms with van der Waals surface area (Å²) in [4.78, 5) is 11.8. The summed E-state index contributed by atoms with van der Waals surface area (Å²) in [6, 6.07) is -0.846. The van der Waals surface area contributed by atoms with Crippen LogP contribution in [-0.2, 0) is 19.6 Å². The normalized spacial score (nSPS) is 19.6. The molecule has 0 spiro atoms. The lowest BCUT2D eigenvalue weighted by Gasteiger charge is -2.30. The highest BCUT2D eigenvalue weighted by Crippen LogP contribution is 2.26. The summed E-state index contributed by atoms with van der Waals surface area (Å²) >= 11 is 0. The van der Waals surface area contributed by atoms with E-state index in [4.69, 9.17) is 4.74 Å². The van der Waals surface area contributed by atoms with Crippen LogP contribution in [0, 0.1) is 11.3 Å². The molecule has 6 heteroatoms. The monoisotopic (exact) mass is 305 g/mol. The molecule has 0 amide bonds. The van der Waals surface area contributed by atoms with Crippen LogP contribution in [0.4, 0.5) is 0 Å². The molecule has 1 fully saturated rings. The number of sulfonamides is 1. The van der Waals surface area contributed by atoms with Crippen molar-refractivity contribution in [3.63, 3.8) is 0 Å². The van der Waals surface area contributed by atoms with Gasteiger partial charge in [-0.25, -0.2) is 13.1 Å². The molecule has 0 aromatic heterocycles. The van der Waals surface area contributed by atoms with Crippen LogP contribution in [0.3, 0.4) is 0 Å². The van der Waals surface area contributed by atoms with Crippen LogP contribution < -0.4 is 4.72 Å². The van der Waals surface area contributed by atoms with Crippen molar-refractivity contribution >= 4 is 16.0 Å². The Bertz CT molecular complexity index is 419. The molecule has 5 nitrogen and oxygen atoms in total. The molecule has 118 valence electrons. The van der Waals surface area contributed by atoms with Crippen molar-refractivity contribution in [1.82, 2.24) is 4.72 Å². The number of carbonyl (C=O) groups excluding carboxylic acids is 1.